The summed E-state index contributed by atoms with van der Waals surface area (Å²) >= 11 is 3.43. The quantitative estimate of drug-likeness (QED) is 0.604. The van der Waals surface area contributed by atoms with Crippen LogP contribution in [0.15, 0.2) is 4.34 Å². The fourth-order valence-electron chi connectivity index (χ4n) is 0.823. The van der Waals surface area contributed by atoms with Crippen molar-refractivity contribution in [1.82, 2.24) is 15.5 Å². The molecule has 3 nitrogen and oxygen atoms in total. The lowest BCUT2D eigenvalue weighted by Crippen LogP contribution is -2.24. The zero-order valence-electron chi connectivity index (χ0n) is 8.20. The third-order valence-electron chi connectivity index (χ3n) is 1.39. The third kappa shape index (κ3) is 4.59. The van der Waals surface area contributed by atoms with E-state index in [2.05, 4.69) is 29.4 Å². The number of aryl methyl sites for hydroxylation is 1. The smallest absolute Gasteiger partial charge is 0.174 e. The molecule has 1 heterocycles. The van der Waals surface area contributed by atoms with Crippen molar-refractivity contribution in [3.05, 3.63) is 5.01 Å². The van der Waals surface area contributed by atoms with Gasteiger partial charge in [0, 0.05) is 18.3 Å². The molecule has 0 radical (unpaired) electrons. The van der Waals surface area contributed by atoms with Crippen molar-refractivity contribution < 1.29 is 0 Å². The maximum Gasteiger partial charge on any atom is 0.174 e. The Morgan fingerprint density at radius 2 is 2.23 bits per heavy atom. The van der Waals surface area contributed by atoms with Crippen molar-refractivity contribution >= 4 is 23.1 Å². The maximum atomic E-state index is 4.04. The first-order valence-corrected chi connectivity index (χ1v) is 6.15. The first-order chi connectivity index (χ1) is 6.18. The van der Waals surface area contributed by atoms with Crippen LogP contribution in [0, 0.1) is 6.92 Å². The lowest BCUT2D eigenvalue weighted by Gasteiger charge is -2.05. The van der Waals surface area contributed by atoms with Gasteiger partial charge < -0.3 is 5.32 Å². The minimum Gasteiger partial charge on any atom is -0.314 e. The monoisotopic (exact) mass is 217 g/mol. The van der Waals surface area contributed by atoms with Gasteiger partial charge in [-0.25, -0.2) is 0 Å². The van der Waals surface area contributed by atoms with E-state index in [0.29, 0.717) is 6.04 Å². The molecule has 0 amide bonds. The number of thioether (sulfide) groups is 1. The second kappa shape index (κ2) is 5.57. The predicted molar refractivity (Wildman–Crippen MR) is 58.5 cm³/mol. The molecule has 0 saturated heterocycles. The molecule has 5 heteroatoms. The summed E-state index contributed by atoms with van der Waals surface area (Å²) in [4.78, 5) is 0. The Morgan fingerprint density at radius 1 is 1.46 bits per heavy atom. The molecule has 0 bridgehead atoms. The lowest BCUT2D eigenvalue weighted by molar-refractivity contribution is 0.616. The van der Waals surface area contributed by atoms with E-state index in [1.165, 1.54) is 0 Å². The average molecular weight is 217 g/mol. The zero-order chi connectivity index (χ0) is 9.68. The lowest BCUT2D eigenvalue weighted by atomic mass is 10.4. The molecular formula is C8H15N3S2. The van der Waals surface area contributed by atoms with Crippen LogP contribution in [0.5, 0.6) is 0 Å². The first-order valence-electron chi connectivity index (χ1n) is 4.35. The molecule has 0 aromatic carbocycles. The van der Waals surface area contributed by atoms with E-state index in [1.807, 2.05) is 6.92 Å². The maximum absolute atomic E-state index is 4.04. The van der Waals surface area contributed by atoms with Gasteiger partial charge in [-0.3, -0.25) is 0 Å². The van der Waals surface area contributed by atoms with Crippen molar-refractivity contribution in [2.45, 2.75) is 31.2 Å². The minimum atomic E-state index is 0.566. The van der Waals surface area contributed by atoms with Gasteiger partial charge in [-0.05, 0) is 6.92 Å². The highest BCUT2D eigenvalue weighted by Crippen LogP contribution is 2.20. The fraction of sp³-hybridized carbons (Fsp3) is 0.750. The predicted octanol–water partition coefficient (Wildman–Crippen LogP) is 1.94. The van der Waals surface area contributed by atoms with Gasteiger partial charge in [-0.15, -0.1) is 10.2 Å². The van der Waals surface area contributed by atoms with Crippen LogP contribution in [-0.2, 0) is 0 Å². The van der Waals surface area contributed by atoms with E-state index in [9.17, 15) is 0 Å². The van der Waals surface area contributed by atoms with E-state index in [1.54, 1.807) is 23.1 Å². The molecule has 74 valence electrons. The second-order valence-corrected chi connectivity index (χ2v) is 5.57. The molecule has 1 aromatic heterocycles. The van der Waals surface area contributed by atoms with Crippen molar-refractivity contribution in [3.63, 3.8) is 0 Å². The van der Waals surface area contributed by atoms with Crippen LogP contribution in [-0.4, -0.2) is 28.5 Å². The largest absolute Gasteiger partial charge is 0.314 e. The summed E-state index contributed by atoms with van der Waals surface area (Å²) in [6, 6.07) is 0.566. The summed E-state index contributed by atoms with van der Waals surface area (Å²) in [6.07, 6.45) is 0. The third-order valence-corrected chi connectivity index (χ3v) is 3.36. The summed E-state index contributed by atoms with van der Waals surface area (Å²) in [5, 5.41) is 12.4. The highest BCUT2D eigenvalue weighted by molar-refractivity contribution is 8.01. The molecule has 1 aromatic rings. The van der Waals surface area contributed by atoms with E-state index < -0.39 is 0 Å². The van der Waals surface area contributed by atoms with Crippen LogP contribution in [0.25, 0.3) is 0 Å². The van der Waals surface area contributed by atoms with Gasteiger partial charge in [0.25, 0.3) is 0 Å². The van der Waals surface area contributed by atoms with Crippen molar-refractivity contribution in [3.8, 4) is 0 Å². The molecule has 1 rings (SSSR count). The van der Waals surface area contributed by atoms with E-state index >= 15 is 0 Å². The van der Waals surface area contributed by atoms with Gasteiger partial charge in [-0.1, -0.05) is 36.9 Å². The van der Waals surface area contributed by atoms with Crippen LogP contribution in [0.2, 0.25) is 0 Å². The fourth-order valence-corrected chi connectivity index (χ4v) is 2.58. The summed E-state index contributed by atoms with van der Waals surface area (Å²) < 4.78 is 1.07. The van der Waals surface area contributed by atoms with Crippen LogP contribution < -0.4 is 5.32 Å². The van der Waals surface area contributed by atoms with Gasteiger partial charge in [0.05, 0.1) is 0 Å². The molecular weight excluding hydrogens is 202 g/mol. The van der Waals surface area contributed by atoms with Gasteiger partial charge in [0.1, 0.15) is 5.01 Å². The van der Waals surface area contributed by atoms with Crippen molar-refractivity contribution in [2.75, 3.05) is 12.3 Å². The topological polar surface area (TPSA) is 37.8 Å². The standard InChI is InChI=1S/C8H15N3S2/c1-6(2)9-4-5-12-8-11-10-7(3)13-8/h6,9H,4-5H2,1-3H3. The normalized spacial score (nSPS) is 11.1. The van der Waals surface area contributed by atoms with Gasteiger partial charge >= 0.3 is 0 Å². The van der Waals surface area contributed by atoms with Gasteiger partial charge in [0.2, 0.25) is 0 Å². The number of nitrogens with zero attached hydrogens (tertiary/aromatic N) is 2. The first kappa shape index (κ1) is 10.9. The number of hydrogen-bond donors (Lipinski definition) is 1. The molecule has 0 aliphatic carbocycles. The number of nitrogens with one attached hydrogen (secondary N) is 1. The summed E-state index contributed by atoms with van der Waals surface area (Å²) in [5.74, 6) is 1.06. The number of rotatable bonds is 5. The molecule has 13 heavy (non-hydrogen) atoms. The highest BCUT2D eigenvalue weighted by Gasteiger charge is 2.00. The number of hydrogen-bond acceptors (Lipinski definition) is 5. The zero-order valence-corrected chi connectivity index (χ0v) is 9.84. The SMILES string of the molecule is Cc1nnc(SCCNC(C)C)s1. The Hall–Kier alpha value is -0.130. The number of aromatic nitrogens is 2. The summed E-state index contributed by atoms with van der Waals surface area (Å²) in [7, 11) is 0. The van der Waals surface area contributed by atoms with E-state index in [4.69, 9.17) is 0 Å². The second-order valence-electron chi connectivity index (χ2n) is 3.04. The summed E-state index contributed by atoms with van der Waals surface area (Å²) in [6.45, 7) is 7.31. The summed E-state index contributed by atoms with van der Waals surface area (Å²) in [5.41, 5.74) is 0. The molecule has 1 N–H and O–H groups in total. The van der Waals surface area contributed by atoms with Crippen LogP contribution in [0.1, 0.15) is 18.9 Å². The van der Waals surface area contributed by atoms with Crippen LogP contribution >= 0.6 is 23.1 Å². The van der Waals surface area contributed by atoms with Gasteiger partial charge in [-0.2, -0.15) is 0 Å². The Morgan fingerprint density at radius 3 is 2.77 bits per heavy atom. The molecule has 0 unspecified atom stereocenters. The molecule has 0 fully saturated rings. The minimum absolute atomic E-state index is 0.566. The van der Waals surface area contributed by atoms with Crippen LogP contribution in [0.4, 0.5) is 0 Å². The van der Waals surface area contributed by atoms with Crippen LogP contribution in [0.3, 0.4) is 0 Å². The van der Waals surface area contributed by atoms with Gasteiger partial charge in [0.15, 0.2) is 4.34 Å². The Bertz CT molecular complexity index is 247. The van der Waals surface area contributed by atoms with E-state index in [-0.39, 0.29) is 0 Å². The average Bonchev–Trinajstić information content (AvgIpc) is 2.45. The Labute approximate surface area is 87.3 Å². The van der Waals surface area contributed by atoms with E-state index in [0.717, 1.165) is 21.6 Å². The highest BCUT2D eigenvalue weighted by atomic mass is 32.2. The van der Waals surface area contributed by atoms with Crippen molar-refractivity contribution in [2.24, 2.45) is 0 Å². The molecule has 0 aliphatic heterocycles. The molecule has 0 spiro atoms. The Kier molecular flexibility index (Phi) is 4.69. The molecule has 0 aliphatic rings. The molecule has 0 atom stereocenters. The molecule has 0 saturated carbocycles. The Balaban J connectivity index is 2.13. The van der Waals surface area contributed by atoms with Crippen molar-refractivity contribution in [1.29, 1.82) is 0 Å².